The first kappa shape index (κ1) is 13.5. The van der Waals surface area contributed by atoms with Gasteiger partial charge >= 0.3 is 11.9 Å². The van der Waals surface area contributed by atoms with Gasteiger partial charge in [0.1, 0.15) is 5.92 Å². The number of aromatic nitrogens is 1. The third-order valence-corrected chi connectivity index (χ3v) is 3.20. The molecule has 102 valence electrons. The molecule has 0 radical (unpaired) electrons. The molecule has 1 aliphatic rings. The molecule has 2 atom stereocenters. The van der Waals surface area contributed by atoms with Crippen LogP contribution >= 0.6 is 0 Å². The van der Waals surface area contributed by atoms with E-state index in [0.29, 0.717) is 19.6 Å². The van der Waals surface area contributed by atoms with Gasteiger partial charge in [0.25, 0.3) is 6.04 Å². The van der Waals surface area contributed by atoms with Crippen LogP contribution < -0.4 is 4.57 Å². The van der Waals surface area contributed by atoms with E-state index in [0.717, 1.165) is 5.69 Å². The minimum absolute atomic E-state index is 0.283. The first-order chi connectivity index (χ1) is 9.19. The Kier molecular flexibility index (Phi) is 4.14. The number of carbonyl (C=O) groups excluding carboxylic acids is 2. The van der Waals surface area contributed by atoms with E-state index >= 15 is 0 Å². The van der Waals surface area contributed by atoms with Crippen LogP contribution in [0.2, 0.25) is 0 Å². The monoisotopic (exact) mass is 264 g/mol. The molecule has 19 heavy (non-hydrogen) atoms. The normalized spacial score (nSPS) is 20.7. The Balaban J connectivity index is 2.28. The third kappa shape index (κ3) is 2.59. The number of hydrogen-bond acceptors (Lipinski definition) is 4. The predicted molar refractivity (Wildman–Crippen MR) is 66.3 cm³/mol. The highest BCUT2D eigenvalue weighted by Crippen LogP contribution is 2.31. The second-order valence-corrected chi connectivity index (χ2v) is 4.34. The van der Waals surface area contributed by atoms with Crippen molar-refractivity contribution in [3.63, 3.8) is 0 Å². The van der Waals surface area contributed by atoms with Gasteiger partial charge in [0.2, 0.25) is 0 Å². The van der Waals surface area contributed by atoms with E-state index in [4.69, 9.17) is 9.47 Å². The first-order valence-corrected chi connectivity index (χ1v) is 6.52. The molecule has 2 rings (SSSR count). The van der Waals surface area contributed by atoms with Gasteiger partial charge in [-0.1, -0.05) is 6.07 Å². The quantitative estimate of drug-likeness (QED) is 0.604. The maximum absolute atomic E-state index is 11.9. The number of carbonyl (C=O) groups is 2. The van der Waals surface area contributed by atoms with Crippen molar-refractivity contribution < 1.29 is 23.6 Å². The lowest BCUT2D eigenvalue weighted by Crippen LogP contribution is -2.42. The molecule has 0 saturated carbocycles. The fourth-order valence-electron chi connectivity index (χ4n) is 2.41. The molecule has 2 unspecified atom stereocenters. The van der Waals surface area contributed by atoms with Gasteiger partial charge in [0, 0.05) is 18.6 Å². The zero-order chi connectivity index (χ0) is 13.8. The molecule has 0 amide bonds. The van der Waals surface area contributed by atoms with Crippen LogP contribution in [0.4, 0.5) is 0 Å². The molecule has 0 spiro atoms. The summed E-state index contributed by atoms with van der Waals surface area (Å²) in [5, 5.41) is 0. The van der Waals surface area contributed by atoms with Crippen molar-refractivity contribution in [2.45, 2.75) is 32.2 Å². The molecular formula is C14H18NO4+. The lowest BCUT2D eigenvalue weighted by Gasteiger charge is -2.05. The number of ether oxygens (including phenoxy) is 2. The summed E-state index contributed by atoms with van der Waals surface area (Å²) in [4.78, 5) is 23.9. The van der Waals surface area contributed by atoms with Gasteiger partial charge in [-0.25, -0.2) is 4.79 Å². The van der Waals surface area contributed by atoms with Gasteiger partial charge in [-0.3, -0.25) is 4.79 Å². The van der Waals surface area contributed by atoms with Crippen LogP contribution in [-0.4, -0.2) is 25.2 Å². The smallest absolute Gasteiger partial charge is 0.375 e. The van der Waals surface area contributed by atoms with Crippen molar-refractivity contribution in [3.05, 3.63) is 30.1 Å². The Morgan fingerprint density at radius 3 is 2.58 bits per heavy atom. The Bertz CT molecular complexity index is 443. The summed E-state index contributed by atoms with van der Waals surface area (Å²) in [6.07, 6.45) is 2.21. The molecule has 2 heterocycles. The van der Waals surface area contributed by atoms with E-state index in [-0.39, 0.29) is 11.9 Å². The second-order valence-electron chi connectivity index (χ2n) is 4.34. The lowest BCUT2D eigenvalue weighted by atomic mass is 10.0. The van der Waals surface area contributed by atoms with E-state index in [1.165, 1.54) is 0 Å². The van der Waals surface area contributed by atoms with E-state index in [9.17, 15) is 9.59 Å². The minimum Gasteiger partial charge on any atom is -0.465 e. The highest BCUT2D eigenvalue weighted by Gasteiger charge is 2.47. The summed E-state index contributed by atoms with van der Waals surface area (Å²) >= 11 is 0. The summed E-state index contributed by atoms with van der Waals surface area (Å²) in [6.45, 7) is 4.22. The average molecular weight is 264 g/mol. The molecule has 0 bridgehead atoms. The number of rotatable bonds is 4. The van der Waals surface area contributed by atoms with Crippen LogP contribution in [0, 0.1) is 0 Å². The molecule has 5 heteroatoms. The first-order valence-electron chi connectivity index (χ1n) is 6.52. The Morgan fingerprint density at radius 2 is 1.89 bits per heavy atom. The maximum Gasteiger partial charge on any atom is 0.375 e. The lowest BCUT2D eigenvalue weighted by molar-refractivity contribution is -0.704. The molecule has 0 saturated heterocycles. The largest absolute Gasteiger partial charge is 0.465 e. The van der Waals surface area contributed by atoms with E-state index in [1.807, 2.05) is 18.2 Å². The van der Waals surface area contributed by atoms with Crippen molar-refractivity contribution in [2.24, 2.45) is 0 Å². The molecule has 0 aromatic carbocycles. The number of esters is 2. The fraction of sp³-hybridized carbons (Fsp3) is 0.500. The van der Waals surface area contributed by atoms with Gasteiger partial charge in [-0.05, 0) is 13.8 Å². The van der Waals surface area contributed by atoms with Crippen LogP contribution in [0.25, 0.3) is 0 Å². The SMILES string of the molecule is CCOC(=O)C1CC(C(=O)OCC)[n+]2ccccc21. The van der Waals surface area contributed by atoms with Crippen molar-refractivity contribution in [1.82, 2.24) is 0 Å². The summed E-state index contributed by atoms with van der Waals surface area (Å²) in [5.41, 5.74) is 0.805. The standard InChI is InChI=1S/C14H18NO4/c1-3-18-13(16)10-9-12(14(17)19-4-2)15-8-6-5-7-11(10)15/h5-8,10,12H,3-4,9H2,1-2H3/q+1. The predicted octanol–water partition coefficient (Wildman–Crippen LogP) is 1.13. The van der Waals surface area contributed by atoms with Crippen molar-refractivity contribution in [3.8, 4) is 0 Å². The molecule has 0 aliphatic carbocycles. The summed E-state index contributed by atoms with van der Waals surface area (Å²) in [7, 11) is 0. The molecule has 0 N–H and O–H groups in total. The topological polar surface area (TPSA) is 56.5 Å². The summed E-state index contributed by atoms with van der Waals surface area (Å²) in [5.74, 6) is -0.975. The summed E-state index contributed by atoms with van der Waals surface area (Å²) in [6, 6.07) is 5.10. The van der Waals surface area contributed by atoms with Crippen LogP contribution in [0.1, 0.15) is 37.9 Å². The zero-order valence-corrected chi connectivity index (χ0v) is 11.2. The van der Waals surface area contributed by atoms with Crippen LogP contribution in [0.5, 0.6) is 0 Å². The fourth-order valence-corrected chi connectivity index (χ4v) is 2.41. The molecule has 0 fully saturated rings. The Labute approximate surface area is 112 Å². The minimum atomic E-state index is -0.439. The third-order valence-electron chi connectivity index (χ3n) is 3.20. The average Bonchev–Trinajstić information content (AvgIpc) is 2.79. The van der Waals surface area contributed by atoms with Crippen LogP contribution in [0.3, 0.4) is 0 Å². The van der Waals surface area contributed by atoms with Crippen molar-refractivity contribution in [2.75, 3.05) is 13.2 Å². The zero-order valence-electron chi connectivity index (χ0n) is 11.2. The molecule has 1 aromatic rings. The van der Waals surface area contributed by atoms with E-state index < -0.39 is 12.0 Å². The Morgan fingerprint density at radius 1 is 1.21 bits per heavy atom. The van der Waals surface area contributed by atoms with Gasteiger partial charge in [-0.2, -0.15) is 4.57 Å². The van der Waals surface area contributed by atoms with Gasteiger partial charge in [0.05, 0.1) is 13.2 Å². The molecule has 1 aromatic heterocycles. The molecule has 1 aliphatic heterocycles. The highest BCUT2D eigenvalue weighted by molar-refractivity contribution is 5.80. The number of hydrogen-bond donors (Lipinski definition) is 0. The van der Waals surface area contributed by atoms with Gasteiger partial charge in [0.15, 0.2) is 11.9 Å². The van der Waals surface area contributed by atoms with Crippen LogP contribution in [0.15, 0.2) is 24.4 Å². The van der Waals surface area contributed by atoms with Gasteiger partial charge in [-0.15, -0.1) is 0 Å². The second kappa shape index (κ2) is 5.82. The molecule has 5 nitrogen and oxygen atoms in total. The molecular weight excluding hydrogens is 246 g/mol. The van der Waals surface area contributed by atoms with E-state index in [1.54, 1.807) is 24.6 Å². The number of pyridine rings is 1. The number of fused-ring (bicyclic) bond motifs is 1. The Hall–Kier alpha value is -1.91. The van der Waals surface area contributed by atoms with E-state index in [2.05, 4.69) is 0 Å². The van der Waals surface area contributed by atoms with Crippen molar-refractivity contribution >= 4 is 11.9 Å². The summed E-state index contributed by atoms with van der Waals surface area (Å²) < 4.78 is 11.9. The maximum atomic E-state index is 11.9. The van der Waals surface area contributed by atoms with Gasteiger partial charge < -0.3 is 9.47 Å². The number of nitrogens with zero attached hydrogens (tertiary/aromatic N) is 1. The van der Waals surface area contributed by atoms with Crippen LogP contribution in [-0.2, 0) is 19.1 Å². The highest BCUT2D eigenvalue weighted by atomic mass is 16.5. The van der Waals surface area contributed by atoms with Crippen molar-refractivity contribution in [1.29, 1.82) is 0 Å².